The molecule has 1 aliphatic rings. The molecule has 3 rings (SSSR count). The van der Waals surface area contributed by atoms with Gasteiger partial charge in [-0.25, -0.2) is 0 Å². The van der Waals surface area contributed by atoms with Gasteiger partial charge in [0.1, 0.15) is 0 Å². The summed E-state index contributed by atoms with van der Waals surface area (Å²) in [6, 6.07) is 7.50. The Morgan fingerprint density at radius 3 is 2.88 bits per heavy atom. The van der Waals surface area contributed by atoms with Gasteiger partial charge in [0, 0.05) is 24.9 Å². The average Bonchev–Trinajstić information content (AvgIpc) is 3.10. The van der Waals surface area contributed by atoms with Gasteiger partial charge in [-0.1, -0.05) is 25.1 Å². The van der Waals surface area contributed by atoms with Crippen LogP contribution in [0.3, 0.4) is 0 Å². The highest BCUT2D eigenvalue weighted by Crippen LogP contribution is 2.22. The number of piperidine rings is 1. The number of amides is 2. The highest BCUT2D eigenvalue weighted by atomic mass is 16.2. The van der Waals surface area contributed by atoms with Crippen molar-refractivity contribution in [1.82, 2.24) is 26.1 Å². The van der Waals surface area contributed by atoms with Crippen LogP contribution >= 0.6 is 0 Å². The van der Waals surface area contributed by atoms with Gasteiger partial charge in [-0.3, -0.25) is 14.7 Å². The number of carbonyl (C=O) groups is 2. The van der Waals surface area contributed by atoms with E-state index in [-0.39, 0.29) is 11.8 Å². The lowest BCUT2D eigenvalue weighted by molar-refractivity contribution is -0.122. The fourth-order valence-electron chi connectivity index (χ4n) is 3.49. The number of fused-ring (bicyclic) bond motifs is 1. The summed E-state index contributed by atoms with van der Waals surface area (Å²) >= 11 is 0. The molecule has 0 bridgehead atoms. The van der Waals surface area contributed by atoms with Crippen LogP contribution in [0.4, 0.5) is 0 Å². The minimum atomic E-state index is -0.238. The highest BCUT2D eigenvalue weighted by molar-refractivity contribution is 6.04. The van der Waals surface area contributed by atoms with Crippen LogP contribution in [0.1, 0.15) is 36.7 Å². The molecule has 2 heterocycles. The second-order valence-electron chi connectivity index (χ2n) is 7.01. The standard InChI is InChI=1S/C19H27N5O2/c1-13(14-5-4-8-20-12-14)11-17(25)21-9-10-22-19(26)18-15-6-2-3-7-16(15)23-24-18/h2-3,6-7,13-14,20H,4-5,8-12H2,1H3,(H,21,25)(H,22,26)(H,23,24). The van der Waals surface area contributed by atoms with E-state index in [1.54, 1.807) is 0 Å². The molecular weight excluding hydrogens is 330 g/mol. The number of benzene rings is 1. The fraction of sp³-hybridized carbons (Fsp3) is 0.526. The van der Waals surface area contributed by atoms with E-state index in [2.05, 4.69) is 33.1 Å². The molecular formula is C19H27N5O2. The molecule has 4 N–H and O–H groups in total. The summed E-state index contributed by atoms with van der Waals surface area (Å²) in [7, 11) is 0. The van der Waals surface area contributed by atoms with E-state index in [9.17, 15) is 9.59 Å². The van der Waals surface area contributed by atoms with E-state index in [1.165, 1.54) is 12.8 Å². The molecule has 1 fully saturated rings. The van der Waals surface area contributed by atoms with Gasteiger partial charge < -0.3 is 16.0 Å². The molecule has 26 heavy (non-hydrogen) atoms. The summed E-state index contributed by atoms with van der Waals surface area (Å²) < 4.78 is 0. The van der Waals surface area contributed by atoms with Crippen LogP contribution in [-0.2, 0) is 4.79 Å². The number of rotatable bonds is 7. The van der Waals surface area contributed by atoms with Crippen molar-refractivity contribution < 1.29 is 9.59 Å². The maximum atomic E-state index is 12.2. The molecule has 1 saturated heterocycles. The maximum Gasteiger partial charge on any atom is 0.272 e. The summed E-state index contributed by atoms with van der Waals surface area (Å²) in [4.78, 5) is 24.3. The van der Waals surface area contributed by atoms with Gasteiger partial charge in [0.05, 0.1) is 5.52 Å². The van der Waals surface area contributed by atoms with Gasteiger partial charge in [-0.2, -0.15) is 5.10 Å². The number of aromatic amines is 1. The Bertz CT molecular complexity index is 751. The number of hydrogen-bond donors (Lipinski definition) is 4. The molecule has 2 amide bonds. The van der Waals surface area contributed by atoms with Crippen LogP contribution in [-0.4, -0.2) is 48.2 Å². The van der Waals surface area contributed by atoms with Crippen LogP contribution in [0.15, 0.2) is 24.3 Å². The van der Waals surface area contributed by atoms with Crippen LogP contribution in [0.5, 0.6) is 0 Å². The fourth-order valence-corrected chi connectivity index (χ4v) is 3.49. The summed E-state index contributed by atoms with van der Waals surface area (Å²) in [5.74, 6) is 0.746. The molecule has 2 unspecified atom stereocenters. The number of H-pyrrole nitrogens is 1. The van der Waals surface area contributed by atoms with Gasteiger partial charge in [0.15, 0.2) is 5.69 Å². The first-order valence-corrected chi connectivity index (χ1v) is 9.34. The number of nitrogens with zero attached hydrogens (tertiary/aromatic N) is 1. The summed E-state index contributed by atoms with van der Waals surface area (Å²) in [5.41, 5.74) is 1.21. The van der Waals surface area contributed by atoms with Crippen molar-refractivity contribution in [2.75, 3.05) is 26.2 Å². The van der Waals surface area contributed by atoms with Gasteiger partial charge in [0.2, 0.25) is 5.91 Å². The van der Waals surface area contributed by atoms with E-state index in [0.717, 1.165) is 24.0 Å². The molecule has 0 spiro atoms. The molecule has 0 saturated carbocycles. The van der Waals surface area contributed by atoms with Crippen molar-refractivity contribution in [3.05, 3.63) is 30.0 Å². The first-order chi connectivity index (χ1) is 12.6. The first kappa shape index (κ1) is 18.4. The zero-order chi connectivity index (χ0) is 18.4. The number of aromatic nitrogens is 2. The molecule has 0 radical (unpaired) electrons. The van der Waals surface area contributed by atoms with Crippen molar-refractivity contribution in [3.63, 3.8) is 0 Å². The molecule has 2 aromatic rings. The van der Waals surface area contributed by atoms with Crippen molar-refractivity contribution in [3.8, 4) is 0 Å². The largest absolute Gasteiger partial charge is 0.354 e. The molecule has 1 aromatic heterocycles. The summed E-state index contributed by atoms with van der Waals surface area (Å²) in [6.45, 7) is 5.03. The molecule has 2 atom stereocenters. The topological polar surface area (TPSA) is 98.9 Å². The zero-order valence-electron chi connectivity index (χ0n) is 15.2. The molecule has 1 aromatic carbocycles. The Balaban J connectivity index is 1.38. The van der Waals surface area contributed by atoms with E-state index in [0.29, 0.717) is 37.0 Å². The Morgan fingerprint density at radius 1 is 1.27 bits per heavy atom. The Hall–Kier alpha value is -2.41. The second kappa shape index (κ2) is 8.80. The van der Waals surface area contributed by atoms with Gasteiger partial charge in [-0.15, -0.1) is 0 Å². The SMILES string of the molecule is CC(CC(=O)NCCNC(=O)c1n[nH]c2ccccc12)C1CCCNC1. The Kier molecular flexibility index (Phi) is 6.22. The zero-order valence-corrected chi connectivity index (χ0v) is 15.2. The average molecular weight is 357 g/mol. The van der Waals surface area contributed by atoms with Crippen LogP contribution in [0, 0.1) is 11.8 Å². The lowest BCUT2D eigenvalue weighted by atomic mass is 9.85. The normalized spacial score (nSPS) is 18.4. The predicted molar refractivity (Wildman–Crippen MR) is 101 cm³/mol. The monoisotopic (exact) mass is 357 g/mol. The van der Waals surface area contributed by atoms with Crippen molar-refractivity contribution in [1.29, 1.82) is 0 Å². The van der Waals surface area contributed by atoms with Gasteiger partial charge in [0.25, 0.3) is 5.91 Å². The van der Waals surface area contributed by atoms with Gasteiger partial charge in [-0.05, 0) is 43.8 Å². The predicted octanol–water partition coefficient (Wildman–Crippen LogP) is 1.43. The Labute approximate surface area is 153 Å². The molecule has 140 valence electrons. The number of carbonyl (C=O) groups excluding carboxylic acids is 2. The van der Waals surface area contributed by atoms with Crippen LogP contribution in [0.2, 0.25) is 0 Å². The van der Waals surface area contributed by atoms with Crippen molar-refractivity contribution in [2.24, 2.45) is 11.8 Å². The lowest BCUT2D eigenvalue weighted by Gasteiger charge is -2.28. The van der Waals surface area contributed by atoms with Crippen molar-refractivity contribution >= 4 is 22.7 Å². The van der Waals surface area contributed by atoms with Crippen molar-refractivity contribution in [2.45, 2.75) is 26.2 Å². The third-order valence-electron chi connectivity index (χ3n) is 5.07. The smallest absolute Gasteiger partial charge is 0.272 e. The molecule has 1 aliphatic heterocycles. The number of para-hydroxylation sites is 1. The summed E-state index contributed by atoms with van der Waals surface area (Å²) in [6.07, 6.45) is 2.91. The molecule has 7 heteroatoms. The second-order valence-corrected chi connectivity index (χ2v) is 7.01. The molecule has 0 aliphatic carbocycles. The highest BCUT2D eigenvalue weighted by Gasteiger charge is 2.21. The Morgan fingerprint density at radius 2 is 2.08 bits per heavy atom. The molecule has 7 nitrogen and oxygen atoms in total. The third kappa shape index (κ3) is 4.60. The van der Waals surface area contributed by atoms with Gasteiger partial charge >= 0.3 is 0 Å². The quantitative estimate of drug-likeness (QED) is 0.564. The number of hydrogen-bond acceptors (Lipinski definition) is 4. The van der Waals surface area contributed by atoms with E-state index in [4.69, 9.17) is 0 Å². The minimum Gasteiger partial charge on any atom is -0.354 e. The van der Waals surface area contributed by atoms with E-state index < -0.39 is 0 Å². The lowest BCUT2D eigenvalue weighted by Crippen LogP contribution is -2.38. The summed E-state index contributed by atoms with van der Waals surface area (Å²) in [5, 5.41) is 16.8. The van der Waals surface area contributed by atoms with E-state index in [1.807, 2.05) is 24.3 Å². The minimum absolute atomic E-state index is 0.0440. The van der Waals surface area contributed by atoms with Crippen LogP contribution < -0.4 is 16.0 Å². The first-order valence-electron chi connectivity index (χ1n) is 9.34. The maximum absolute atomic E-state index is 12.2. The van der Waals surface area contributed by atoms with E-state index >= 15 is 0 Å². The third-order valence-corrected chi connectivity index (χ3v) is 5.07. The number of nitrogens with one attached hydrogen (secondary N) is 4. The van der Waals surface area contributed by atoms with Crippen LogP contribution in [0.25, 0.3) is 10.9 Å².